The van der Waals surface area contributed by atoms with E-state index in [2.05, 4.69) is 10.2 Å². The first-order valence-electron chi connectivity index (χ1n) is 10.2. The summed E-state index contributed by atoms with van der Waals surface area (Å²) in [6.45, 7) is 6.70. The smallest absolute Gasteiger partial charge is 0.251 e. The molecule has 5 nitrogen and oxygen atoms in total. The van der Waals surface area contributed by atoms with E-state index in [1.54, 1.807) is 12.1 Å². The van der Waals surface area contributed by atoms with Gasteiger partial charge in [-0.1, -0.05) is 62.2 Å². The Morgan fingerprint density at radius 1 is 1.00 bits per heavy atom. The second-order valence-corrected chi connectivity index (χ2v) is 7.87. The van der Waals surface area contributed by atoms with Crippen molar-refractivity contribution >= 4 is 29.1 Å². The van der Waals surface area contributed by atoms with Crippen molar-refractivity contribution in [2.24, 2.45) is 5.92 Å². The van der Waals surface area contributed by atoms with Gasteiger partial charge in [-0.25, -0.2) is 0 Å². The standard InChI is InChI=1S/C23H28ClN3O2/c1-3-17(2)21(25-22(28)18-9-5-4-6-10-18)23(29)27-15-13-26(14-16-27)20-12-8-7-11-19(20)24/h4-12,17,21H,3,13-16H2,1-2H3,(H,25,28). The molecule has 3 rings (SSSR count). The number of hydrogen-bond acceptors (Lipinski definition) is 3. The zero-order valence-corrected chi connectivity index (χ0v) is 17.7. The molecule has 6 heteroatoms. The quantitative estimate of drug-likeness (QED) is 0.782. The van der Waals surface area contributed by atoms with E-state index in [9.17, 15) is 9.59 Å². The molecular weight excluding hydrogens is 386 g/mol. The van der Waals surface area contributed by atoms with Crippen LogP contribution in [0.1, 0.15) is 30.6 Å². The predicted molar refractivity (Wildman–Crippen MR) is 117 cm³/mol. The summed E-state index contributed by atoms with van der Waals surface area (Å²) in [5, 5.41) is 3.69. The van der Waals surface area contributed by atoms with Gasteiger partial charge in [-0.15, -0.1) is 0 Å². The number of carbonyl (C=O) groups is 2. The van der Waals surface area contributed by atoms with Crippen LogP contribution in [0.4, 0.5) is 5.69 Å². The predicted octanol–water partition coefficient (Wildman–Crippen LogP) is 3.83. The molecule has 2 aromatic carbocycles. The van der Waals surface area contributed by atoms with Crippen molar-refractivity contribution in [2.45, 2.75) is 26.3 Å². The van der Waals surface area contributed by atoms with E-state index in [0.717, 1.165) is 30.2 Å². The van der Waals surface area contributed by atoms with Crippen LogP contribution in [0.3, 0.4) is 0 Å². The van der Waals surface area contributed by atoms with Gasteiger partial charge in [-0.05, 0) is 30.2 Å². The van der Waals surface area contributed by atoms with Gasteiger partial charge < -0.3 is 15.1 Å². The van der Waals surface area contributed by atoms with Crippen LogP contribution in [-0.2, 0) is 4.79 Å². The van der Waals surface area contributed by atoms with Crippen LogP contribution in [-0.4, -0.2) is 48.9 Å². The lowest BCUT2D eigenvalue weighted by Crippen LogP contribution is -2.56. The maximum atomic E-state index is 13.2. The van der Waals surface area contributed by atoms with Gasteiger partial charge in [-0.3, -0.25) is 9.59 Å². The second-order valence-electron chi connectivity index (χ2n) is 7.47. The van der Waals surface area contributed by atoms with Crippen molar-refractivity contribution in [2.75, 3.05) is 31.1 Å². The largest absolute Gasteiger partial charge is 0.367 e. The first-order chi connectivity index (χ1) is 14.0. The molecule has 29 heavy (non-hydrogen) atoms. The van der Waals surface area contributed by atoms with Crippen molar-refractivity contribution in [1.82, 2.24) is 10.2 Å². The minimum atomic E-state index is -0.528. The third kappa shape index (κ3) is 5.10. The summed E-state index contributed by atoms with van der Waals surface area (Å²) in [4.78, 5) is 29.9. The zero-order valence-electron chi connectivity index (χ0n) is 17.0. The number of nitrogens with one attached hydrogen (secondary N) is 1. The lowest BCUT2D eigenvalue weighted by atomic mass is 9.97. The Morgan fingerprint density at radius 3 is 2.24 bits per heavy atom. The molecule has 0 aliphatic carbocycles. The molecule has 1 fully saturated rings. The normalized spacial score (nSPS) is 16.2. The van der Waals surface area contributed by atoms with E-state index in [-0.39, 0.29) is 17.7 Å². The van der Waals surface area contributed by atoms with Gasteiger partial charge in [0, 0.05) is 31.7 Å². The summed E-state index contributed by atoms with van der Waals surface area (Å²) >= 11 is 6.31. The van der Waals surface area contributed by atoms with E-state index in [1.807, 2.05) is 61.2 Å². The topological polar surface area (TPSA) is 52.7 Å². The van der Waals surface area contributed by atoms with E-state index in [1.165, 1.54) is 0 Å². The van der Waals surface area contributed by atoms with E-state index < -0.39 is 6.04 Å². The molecule has 0 saturated carbocycles. The van der Waals surface area contributed by atoms with Crippen LogP contribution < -0.4 is 10.2 Å². The Bertz CT molecular complexity index is 835. The summed E-state index contributed by atoms with van der Waals surface area (Å²) in [6.07, 6.45) is 0.811. The first kappa shape index (κ1) is 21.2. The summed E-state index contributed by atoms with van der Waals surface area (Å²) in [7, 11) is 0. The van der Waals surface area contributed by atoms with Crippen molar-refractivity contribution in [3.63, 3.8) is 0 Å². The molecule has 1 aliphatic rings. The highest BCUT2D eigenvalue weighted by Gasteiger charge is 2.32. The fourth-order valence-corrected chi connectivity index (χ4v) is 3.83. The number of piperazine rings is 1. The Morgan fingerprint density at radius 2 is 1.62 bits per heavy atom. The van der Waals surface area contributed by atoms with Crippen LogP contribution in [0.25, 0.3) is 0 Å². The Balaban J connectivity index is 1.66. The fourth-order valence-electron chi connectivity index (χ4n) is 3.57. The molecule has 0 spiro atoms. The molecule has 1 N–H and O–H groups in total. The molecule has 2 unspecified atom stereocenters. The van der Waals surface area contributed by atoms with Crippen LogP contribution in [0.15, 0.2) is 54.6 Å². The van der Waals surface area contributed by atoms with Crippen LogP contribution >= 0.6 is 11.6 Å². The average Bonchev–Trinajstić information content (AvgIpc) is 2.77. The van der Waals surface area contributed by atoms with Gasteiger partial charge in [-0.2, -0.15) is 0 Å². The molecule has 2 atom stereocenters. The summed E-state index contributed by atoms with van der Waals surface area (Å²) < 4.78 is 0. The highest BCUT2D eigenvalue weighted by atomic mass is 35.5. The van der Waals surface area contributed by atoms with E-state index in [0.29, 0.717) is 18.7 Å². The molecule has 0 bridgehead atoms. The number of anilines is 1. The van der Waals surface area contributed by atoms with Crippen LogP contribution in [0.5, 0.6) is 0 Å². The maximum Gasteiger partial charge on any atom is 0.251 e. The minimum Gasteiger partial charge on any atom is -0.367 e. The number of nitrogens with zero attached hydrogens (tertiary/aromatic N) is 2. The number of carbonyl (C=O) groups excluding carboxylic acids is 2. The van der Waals surface area contributed by atoms with Gasteiger partial charge in [0.05, 0.1) is 10.7 Å². The Kier molecular flexibility index (Phi) is 7.15. The first-order valence-corrected chi connectivity index (χ1v) is 10.5. The van der Waals surface area contributed by atoms with Crippen LogP contribution in [0, 0.1) is 5.92 Å². The summed E-state index contributed by atoms with van der Waals surface area (Å²) in [5.74, 6) is -0.168. The molecule has 0 radical (unpaired) electrons. The molecule has 2 amide bonds. The molecule has 0 aromatic heterocycles. The minimum absolute atomic E-state index is 0.0116. The van der Waals surface area contributed by atoms with Gasteiger partial charge >= 0.3 is 0 Å². The second kappa shape index (κ2) is 9.79. The summed E-state index contributed by atoms with van der Waals surface area (Å²) in [6, 6.07) is 16.3. The highest BCUT2D eigenvalue weighted by molar-refractivity contribution is 6.33. The van der Waals surface area contributed by atoms with E-state index >= 15 is 0 Å². The van der Waals surface area contributed by atoms with Gasteiger partial charge in [0.1, 0.15) is 6.04 Å². The number of halogens is 1. The molecule has 1 heterocycles. The molecular formula is C23H28ClN3O2. The number of rotatable bonds is 6. The molecule has 154 valence electrons. The molecule has 1 saturated heterocycles. The maximum absolute atomic E-state index is 13.2. The lowest BCUT2D eigenvalue weighted by Gasteiger charge is -2.38. The van der Waals surface area contributed by atoms with Crippen molar-refractivity contribution in [3.8, 4) is 0 Å². The number of para-hydroxylation sites is 1. The lowest BCUT2D eigenvalue weighted by molar-refractivity contribution is -0.134. The number of amides is 2. The van der Waals surface area contributed by atoms with Crippen molar-refractivity contribution < 1.29 is 9.59 Å². The van der Waals surface area contributed by atoms with Gasteiger partial charge in [0.25, 0.3) is 5.91 Å². The van der Waals surface area contributed by atoms with Crippen LogP contribution in [0.2, 0.25) is 5.02 Å². The number of hydrogen-bond donors (Lipinski definition) is 1. The summed E-state index contributed by atoms with van der Waals surface area (Å²) in [5.41, 5.74) is 1.56. The van der Waals surface area contributed by atoms with Crippen molar-refractivity contribution in [3.05, 3.63) is 65.2 Å². The molecule has 2 aromatic rings. The zero-order chi connectivity index (χ0) is 20.8. The van der Waals surface area contributed by atoms with Crippen molar-refractivity contribution in [1.29, 1.82) is 0 Å². The average molecular weight is 414 g/mol. The fraction of sp³-hybridized carbons (Fsp3) is 0.391. The third-order valence-electron chi connectivity index (χ3n) is 5.59. The van der Waals surface area contributed by atoms with Gasteiger partial charge in [0.2, 0.25) is 5.91 Å². The third-order valence-corrected chi connectivity index (χ3v) is 5.91. The molecule has 1 aliphatic heterocycles. The number of benzene rings is 2. The SMILES string of the molecule is CCC(C)C(NC(=O)c1ccccc1)C(=O)N1CCN(c2ccccc2Cl)CC1. The Hall–Kier alpha value is -2.53. The van der Waals surface area contributed by atoms with Gasteiger partial charge in [0.15, 0.2) is 0 Å². The Labute approximate surface area is 177 Å². The van der Waals surface area contributed by atoms with E-state index in [4.69, 9.17) is 11.6 Å². The highest BCUT2D eigenvalue weighted by Crippen LogP contribution is 2.26. The monoisotopic (exact) mass is 413 g/mol.